The summed E-state index contributed by atoms with van der Waals surface area (Å²) in [5.41, 5.74) is 9.52. The fraction of sp³-hybridized carbons (Fsp3) is 0.350. The van der Waals surface area contributed by atoms with E-state index in [9.17, 15) is 0 Å². The van der Waals surface area contributed by atoms with E-state index in [1.807, 2.05) is 18.2 Å². The molecule has 2 aromatic rings. The summed E-state index contributed by atoms with van der Waals surface area (Å²) in [6, 6.07) is 18.9. The highest BCUT2D eigenvalue weighted by Crippen LogP contribution is 2.20. The first-order chi connectivity index (χ1) is 11.6. The van der Waals surface area contributed by atoms with Gasteiger partial charge in [-0.3, -0.25) is 9.89 Å². The normalized spacial score (nSPS) is 13.1. The molecule has 128 valence electrons. The number of likely N-dealkylation sites (N-methyl/N-ethyl adjacent to an activating group) is 1. The van der Waals surface area contributed by atoms with Crippen LogP contribution >= 0.6 is 0 Å². The summed E-state index contributed by atoms with van der Waals surface area (Å²) in [7, 11) is 0. The van der Waals surface area contributed by atoms with E-state index in [0.717, 1.165) is 18.8 Å². The molecule has 0 aromatic heterocycles. The van der Waals surface area contributed by atoms with Gasteiger partial charge in [0.2, 0.25) is 0 Å². The zero-order valence-corrected chi connectivity index (χ0v) is 14.9. The third-order valence-corrected chi connectivity index (χ3v) is 4.16. The lowest BCUT2D eigenvalue weighted by Crippen LogP contribution is -2.32. The highest BCUT2D eigenvalue weighted by atomic mass is 15.2. The standard InChI is InChI=1S/C20H28N4/c1-4-24(5-2)19(17-11-7-6-8-12-17)15-22-20(21)23-18-13-9-10-16(3)14-18/h6-14,19H,4-5,15H2,1-3H3,(H3,21,22,23). The van der Waals surface area contributed by atoms with Crippen molar-refractivity contribution in [2.24, 2.45) is 10.7 Å². The predicted molar refractivity (Wildman–Crippen MR) is 103 cm³/mol. The van der Waals surface area contributed by atoms with Gasteiger partial charge in [-0.2, -0.15) is 0 Å². The molecule has 0 bridgehead atoms. The van der Waals surface area contributed by atoms with Crippen molar-refractivity contribution in [3.8, 4) is 0 Å². The molecule has 1 unspecified atom stereocenters. The summed E-state index contributed by atoms with van der Waals surface area (Å²) in [5, 5.41) is 3.17. The monoisotopic (exact) mass is 324 g/mol. The zero-order valence-electron chi connectivity index (χ0n) is 14.9. The number of hydrogen-bond donors (Lipinski definition) is 2. The van der Waals surface area contributed by atoms with Crippen LogP contribution in [0.25, 0.3) is 0 Å². The average molecular weight is 324 g/mol. The number of nitrogens with zero attached hydrogens (tertiary/aromatic N) is 2. The maximum Gasteiger partial charge on any atom is 0.193 e. The molecule has 2 aromatic carbocycles. The molecule has 0 aliphatic rings. The molecule has 3 N–H and O–H groups in total. The molecule has 0 aliphatic heterocycles. The van der Waals surface area contributed by atoms with E-state index in [4.69, 9.17) is 5.73 Å². The van der Waals surface area contributed by atoms with E-state index in [1.165, 1.54) is 11.1 Å². The lowest BCUT2D eigenvalue weighted by atomic mass is 10.1. The van der Waals surface area contributed by atoms with Gasteiger partial charge in [-0.05, 0) is 43.3 Å². The van der Waals surface area contributed by atoms with Crippen molar-refractivity contribution in [3.05, 3.63) is 65.7 Å². The number of anilines is 1. The highest BCUT2D eigenvalue weighted by Gasteiger charge is 2.17. The van der Waals surface area contributed by atoms with Gasteiger partial charge in [-0.15, -0.1) is 0 Å². The number of aryl methyl sites for hydroxylation is 1. The molecule has 0 saturated heterocycles. The molecular weight excluding hydrogens is 296 g/mol. The minimum atomic E-state index is 0.235. The van der Waals surface area contributed by atoms with Gasteiger partial charge in [-0.1, -0.05) is 56.3 Å². The van der Waals surface area contributed by atoms with Gasteiger partial charge in [0.1, 0.15) is 0 Å². The molecule has 0 saturated carbocycles. The van der Waals surface area contributed by atoms with Crippen LogP contribution in [0.2, 0.25) is 0 Å². The van der Waals surface area contributed by atoms with Gasteiger partial charge >= 0.3 is 0 Å². The fourth-order valence-corrected chi connectivity index (χ4v) is 2.87. The topological polar surface area (TPSA) is 53.6 Å². The van der Waals surface area contributed by atoms with Crippen LogP contribution in [-0.2, 0) is 0 Å². The number of nitrogens with one attached hydrogen (secondary N) is 1. The molecular formula is C20H28N4. The Bertz CT molecular complexity index is 648. The Morgan fingerprint density at radius 1 is 1.08 bits per heavy atom. The first-order valence-electron chi connectivity index (χ1n) is 8.56. The number of benzene rings is 2. The van der Waals surface area contributed by atoms with Crippen molar-refractivity contribution < 1.29 is 0 Å². The van der Waals surface area contributed by atoms with Crippen LogP contribution in [0.1, 0.15) is 31.0 Å². The molecule has 0 amide bonds. The van der Waals surface area contributed by atoms with Crippen molar-refractivity contribution in [1.29, 1.82) is 0 Å². The quantitative estimate of drug-likeness (QED) is 0.601. The second kappa shape index (κ2) is 9.08. The zero-order chi connectivity index (χ0) is 17.4. The van der Waals surface area contributed by atoms with E-state index in [-0.39, 0.29) is 6.04 Å². The predicted octanol–water partition coefficient (Wildman–Crippen LogP) is 3.80. The third-order valence-electron chi connectivity index (χ3n) is 4.16. The Balaban J connectivity index is 2.11. The fourth-order valence-electron chi connectivity index (χ4n) is 2.87. The lowest BCUT2D eigenvalue weighted by Gasteiger charge is -2.29. The average Bonchev–Trinajstić information content (AvgIpc) is 2.59. The van der Waals surface area contributed by atoms with Crippen molar-refractivity contribution in [2.75, 3.05) is 25.0 Å². The van der Waals surface area contributed by atoms with Crippen molar-refractivity contribution in [1.82, 2.24) is 4.90 Å². The molecule has 2 rings (SSSR count). The summed E-state index contributed by atoms with van der Waals surface area (Å²) >= 11 is 0. The molecule has 24 heavy (non-hydrogen) atoms. The lowest BCUT2D eigenvalue weighted by molar-refractivity contribution is 0.224. The molecule has 0 heterocycles. The minimum absolute atomic E-state index is 0.235. The first-order valence-corrected chi connectivity index (χ1v) is 8.56. The van der Waals surface area contributed by atoms with E-state index < -0.39 is 0 Å². The van der Waals surface area contributed by atoms with Gasteiger partial charge in [0.25, 0.3) is 0 Å². The number of aliphatic imine (C=N–C) groups is 1. The summed E-state index contributed by atoms with van der Waals surface area (Å²) < 4.78 is 0. The first kappa shape index (κ1) is 18.0. The second-order valence-electron chi connectivity index (χ2n) is 5.87. The van der Waals surface area contributed by atoms with Crippen molar-refractivity contribution in [2.45, 2.75) is 26.8 Å². The molecule has 0 fully saturated rings. The van der Waals surface area contributed by atoms with Gasteiger partial charge in [-0.25, -0.2) is 0 Å². The largest absolute Gasteiger partial charge is 0.370 e. The van der Waals surface area contributed by atoms with Crippen molar-refractivity contribution in [3.63, 3.8) is 0 Å². The molecule has 4 heteroatoms. The van der Waals surface area contributed by atoms with Crippen LogP contribution in [0.15, 0.2) is 59.6 Å². The Morgan fingerprint density at radius 3 is 2.42 bits per heavy atom. The molecule has 0 aliphatic carbocycles. The maximum atomic E-state index is 6.09. The van der Waals surface area contributed by atoms with E-state index in [2.05, 4.69) is 72.4 Å². The Hall–Kier alpha value is -2.33. The number of guanidine groups is 1. The molecule has 1 atom stereocenters. The van der Waals surface area contributed by atoms with Gasteiger partial charge in [0.05, 0.1) is 12.6 Å². The van der Waals surface area contributed by atoms with Gasteiger partial charge < -0.3 is 11.1 Å². The second-order valence-corrected chi connectivity index (χ2v) is 5.87. The summed E-state index contributed by atoms with van der Waals surface area (Å²) in [5.74, 6) is 0.452. The van der Waals surface area contributed by atoms with Crippen LogP contribution in [0.5, 0.6) is 0 Å². The molecule has 4 nitrogen and oxygen atoms in total. The van der Waals surface area contributed by atoms with Crippen LogP contribution in [0.3, 0.4) is 0 Å². The van der Waals surface area contributed by atoms with E-state index in [0.29, 0.717) is 12.5 Å². The summed E-state index contributed by atoms with van der Waals surface area (Å²) in [6.45, 7) is 9.02. The summed E-state index contributed by atoms with van der Waals surface area (Å²) in [4.78, 5) is 6.99. The van der Waals surface area contributed by atoms with Crippen molar-refractivity contribution >= 4 is 11.6 Å². The van der Waals surface area contributed by atoms with Gasteiger partial charge in [0, 0.05) is 5.69 Å². The SMILES string of the molecule is CCN(CC)C(CN=C(N)Nc1cccc(C)c1)c1ccccc1. The maximum absolute atomic E-state index is 6.09. The third kappa shape index (κ3) is 5.10. The number of hydrogen-bond acceptors (Lipinski definition) is 2. The van der Waals surface area contributed by atoms with Gasteiger partial charge in [0.15, 0.2) is 5.96 Å². The minimum Gasteiger partial charge on any atom is -0.370 e. The highest BCUT2D eigenvalue weighted by molar-refractivity contribution is 5.92. The Kier molecular flexibility index (Phi) is 6.82. The Labute approximate surface area is 145 Å². The Morgan fingerprint density at radius 2 is 1.79 bits per heavy atom. The van der Waals surface area contributed by atoms with Crippen LogP contribution < -0.4 is 11.1 Å². The van der Waals surface area contributed by atoms with E-state index in [1.54, 1.807) is 0 Å². The smallest absolute Gasteiger partial charge is 0.193 e. The van der Waals surface area contributed by atoms with Crippen LogP contribution in [0, 0.1) is 6.92 Å². The number of nitrogens with two attached hydrogens (primary N) is 1. The van der Waals surface area contributed by atoms with E-state index >= 15 is 0 Å². The molecule has 0 radical (unpaired) electrons. The molecule has 0 spiro atoms. The number of rotatable bonds is 7. The van der Waals surface area contributed by atoms with Crippen LogP contribution in [-0.4, -0.2) is 30.5 Å². The summed E-state index contributed by atoms with van der Waals surface area (Å²) in [6.07, 6.45) is 0. The van der Waals surface area contributed by atoms with Crippen LogP contribution in [0.4, 0.5) is 5.69 Å².